The molecule has 130 valence electrons. The molecule has 22 heavy (non-hydrogen) atoms. The second-order valence-electron chi connectivity index (χ2n) is 6.70. The normalized spacial score (nSPS) is 12.9. The first-order valence-electron chi connectivity index (χ1n) is 7.20. The van der Waals surface area contributed by atoms with Crippen molar-refractivity contribution in [2.75, 3.05) is 6.61 Å². The lowest BCUT2D eigenvalue weighted by Gasteiger charge is -2.26. The lowest BCUT2D eigenvalue weighted by Crippen LogP contribution is -2.33. The quantitative estimate of drug-likeness (QED) is 0.632. The fraction of sp³-hybridized carbons (Fsp3) is 0.867. The molecule has 0 aliphatic carbocycles. The van der Waals surface area contributed by atoms with Crippen LogP contribution >= 0.6 is 0 Å². The molecule has 4 nitrogen and oxygen atoms in total. The van der Waals surface area contributed by atoms with E-state index in [-0.39, 0.29) is 11.8 Å². The monoisotopic (exact) mass is 326 g/mol. The van der Waals surface area contributed by atoms with Crippen molar-refractivity contribution in [1.29, 1.82) is 0 Å². The molecule has 7 heteroatoms. The van der Waals surface area contributed by atoms with E-state index in [1.807, 2.05) is 20.8 Å². The lowest BCUT2D eigenvalue weighted by molar-refractivity contribution is -0.190. The van der Waals surface area contributed by atoms with Gasteiger partial charge >= 0.3 is 18.1 Å². The van der Waals surface area contributed by atoms with E-state index >= 15 is 0 Å². The van der Waals surface area contributed by atoms with Crippen molar-refractivity contribution < 1.29 is 32.2 Å². The molecule has 0 aromatic rings. The van der Waals surface area contributed by atoms with Gasteiger partial charge < -0.3 is 9.47 Å². The van der Waals surface area contributed by atoms with Crippen LogP contribution in [0.2, 0.25) is 0 Å². The molecule has 0 bridgehead atoms. The zero-order chi connectivity index (χ0) is 17.6. The minimum absolute atomic E-state index is 0.00873. The van der Waals surface area contributed by atoms with Crippen LogP contribution in [0.4, 0.5) is 13.2 Å². The van der Waals surface area contributed by atoms with Gasteiger partial charge in [0.25, 0.3) is 0 Å². The smallest absolute Gasteiger partial charge is 0.422 e. The van der Waals surface area contributed by atoms with Crippen molar-refractivity contribution in [2.24, 2.45) is 5.41 Å². The molecule has 0 atom stereocenters. The standard InChI is InChI=1S/C15H25F3O4/c1-6-13(2,3)8-7-11(19)22-14(4,5)9-12(20)21-10-15(16,17)18/h6-10H2,1-5H3. The topological polar surface area (TPSA) is 52.6 Å². The number of rotatable bonds is 8. The van der Waals surface area contributed by atoms with Crippen LogP contribution in [0.1, 0.15) is 60.3 Å². The highest BCUT2D eigenvalue weighted by Gasteiger charge is 2.32. The highest BCUT2D eigenvalue weighted by atomic mass is 19.4. The van der Waals surface area contributed by atoms with Gasteiger partial charge in [-0.05, 0) is 25.7 Å². The van der Waals surface area contributed by atoms with E-state index in [9.17, 15) is 22.8 Å². The largest absolute Gasteiger partial charge is 0.459 e. The summed E-state index contributed by atoms with van der Waals surface area (Å²) in [5.41, 5.74) is -1.19. The van der Waals surface area contributed by atoms with E-state index in [0.29, 0.717) is 6.42 Å². The Kier molecular flexibility index (Phi) is 7.38. The first-order chi connectivity index (χ1) is 9.76. The molecule has 0 aromatic heterocycles. The van der Waals surface area contributed by atoms with E-state index < -0.39 is 36.7 Å². The van der Waals surface area contributed by atoms with Crippen LogP contribution in [0.25, 0.3) is 0 Å². The number of ether oxygens (including phenoxy) is 2. The number of hydrogen-bond donors (Lipinski definition) is 0. The molecule has 0 fully saturated rings. The third-order valence-electron chi connectivity index (χ3n) is 3.32. The molecule has 0 saturated carbocycles. The number of hydrogen-bond acceptors (Lipinski definition) is 4. The Morgan fingerprint density at radius 2 is 1.55 bits per heavy atom. The Morgan fingerprint density at radius 1 is 1.00 bits per heavy atom. The molecule has 0 amide bonds. The van der Waals surface area contributed by atoms with Gasteiger partial charge in [-0.15, -0.1) is 0 Å². The predicted molar refractivity (Wildman–Crippen MR) is 75.1 cm³/mol. The SMILES string of the molecule is CCC(C)(C)CCC(=O)OC(C)(C)CC(=O)OCC(F)(F)F. The molecule has 0 heterocycles. The van der Waals surface area contributed by atoms with E-state index in [2.05, 4.69) is 4.74 Å². The highest BCUT2D eigenvalue weighted by molar-refractivity contribution is 5.73. The first kappa shape index (κ1) is 20.7. The van der Waals surface area contributed by atoms with Gasteiger partial charge in [0.05, 0.1) is 6.42 Å². The summed E-state index contributed by atoms with van der Waals surface area (Å²) in [6, 6.07) is 0. The van der Waals surface area contributed by atoms with Gasteiger partial charge in [0.1, 0.15) is 5.60 Å². The lowest BCUT2D eigenvalue weighted by atomic mass is 9.85. The molecule has 0 rings (SSSR count). The number of esters is 2. The van der Waals surface area contributed by atoms with Crippen LogP contribution in [-0.4, -0.2) is 30.3 Å². The fourth-order valence-electron chi connectivity index (χ4n) is 1.57. The summed E-state index contributed by atoms with van der Waals surface area (Å²) in [4.78, 5) is 23.1. The van der Waals surface area contributed by atoms with Gasteiger partial charge in [0, 0.05) is 6.42 Å². The summed E-state index contributed by atoms with van der Waals surface area (Å²) in [5.74, 6) is -1.53. The summed E-state index contributed by atoms with van der Waals surface area (Å²) in [7, 11) is 0. The van der Waals surface area contributed by atoms with Crippen LogP contribution in [0.15, 0.2) is 0 Å². The maximum Gasteiger partial charge on any atom is 0.422 e. The molecule has 0 aromatic carbocycles. The minimum Gasteiger partial charge on any atom is -0.459 e. The third-order valence-corrected chi connectivity index (χ3v) is 3.32. The summed E-state index contributed by atoms with van der Waals surface area (Å²) in [6.07, 6.45) is -3.25. The molecule has 0 saturated heterocycles. The Bertz CT molecular complexity index is 387. The Hall–Kier alpha value is -1.27. The van der Waals surface area contributed by atoms with E-state index in [4.69, 9.17) is 4.74 Å². The average molecular weight is 326 g/mol. The molecular weight excluding hydrogens is 301 g/mol. The average Bonchev–Trinajstić information content (AvgIpc) is 2.32. The molecule has 0 aliphatic heterocycles. The fourth-order valence-corrected chi connectivity index (χ4v) is 1.57. The summed E-state index contributed by atoms with van der Waals surface area (Å²) in [6.45, 7) is 7.36. The summed E-state index contributed by atoms with van der Waals surface area (Å²) < 4.78 is 45.1. The Labute approximate surface area is 129 Å². The molecular formula is C15H25F3O4. The van der Waals surface area contributed by atoms with E-state index in [1.54, 1.807) is 0 Å². The molecule has 0 spiro atoms. The summed E-state index contributed by atoms with van der Waals surface area (Å²) >= 11 is 0. The molecule has 0 unspecified atom stereocenters. The number of carbonyl (C=O) groups excluding carboxylic acids is 2. The van der Waals surface area contributed by atoms with Crippen molar-refractivity contribution >= 4 is 11.9 Å². The van der Waals surface area contributed by atoms with Crippen LogP contribution in [0, 0.1) is 5.41 Å². The van der Waals surface area contributed by atoms with Crippen molar-refractivity contribution in [3.05, 3.63) is 0 Å². The van der Waals surface area contributed by atoms with E-state index in [1.165, 1.54) is 13.8 Å². The maximum atomic E-state index is 11.9. The van der Waals surface area contributed by atoms with Crippen LogP contribution in [0.3, 0.4) is 0 Å². The Balaban J connectivity index is 4.28. The highest BCUT2D eigenvalue weighted by Crippen LogP contribution is 2.27. The maximum absolute atomic E-state index is 11.9. The van der Waals surface area contributed by atoms with Gasteiger partial charge in [-0.25, -0.2) is 0 Å². The second-order valence-corrected chi connectivity index (χ2v) is 6.70. The minimum atomic E-state index is -4.57. The summed E-state index contributed by atoms with van der Waals surface area (Å²) in [5, 5.41) is 0. The third kappa shape index (κ3) is 10.5. The predicted octanol–water partition coefficient (Wildman–Crippen LogP) is 4.02. The Morgan fingerprint density at radius 3 is 2.00 bits per heavy atom. The van der Waals surface area contributed by atoms with Gasteiger partial charge in [-0.2, -0.15) is 13.2 Å². The molecule has 0 radical (unpaired) electrons. The first-order valence-corrected chi connectivity index (χ1v) is 7.20. The number of carbonyl (C=O) groups is 2. The van der Waals surface area contributed by atoms with Gasteiger partial charge in [-0.3, -0.25) is 9.59 Å². The van der Waals surface area contributed by atoms with Crippen LogP contribution < -0.4 is 0 Å². The number of halogens is 3. The van der Waals surface area contributed by atoms with Gasteiger partial charge in [-0.1, -0.05) is 27.2 Å². The van der Waals surface area contributed by atoms with Crippen LogP contribution in [0.5, 0.6) is 0 Å². The van der Waals surface area contributed by atoms with Crippen molar-refractivity contribution in [3.63, 3.8) is 0 Å². The molecule has 0 N–H and O–H groups in total. The van der Waals surface area contributed by atoms with Gasteiger partial charge in [0.2, 0.25) is 0 Å². The molecule has 0 aliphatic rings. The second kappa shape index (κ2) is 7.83. The van der Waals surface area contributed by atoms with Crippen molar-refractivity contribution in [3.8, 4) is 0 Å². The van der Waals surface area contributed by atoms with Crippen LogP contribution in [-0.2, 0) is 19.1 Å². The number of alkyl halides is 3. The zero-order valence-corrected chi connectivity index (χ0v) is 13.8. The zero-order valence-electron chi connectivity index (χ0n) is 13.8. The van der Waals surface area contributed by atoms with E-state index in [0.717, 1.165) is 6.42 Å². The van der Waals surface area contributed by atoms with Gasteiger partial charge in [0.15, 0.2) is 6.61 Å². The van der Waals surface area contributed by atoms with Crippen molar-refractivity contribution in [1.82, 2.24) is 0 Å². The van der Waals surface area contributed by atoms with Crippen molar-refractivity contribution in [2.45, 2.75) is 72.1 Å².